The number of hydrogen-bond acceptors (Lipinski definition) is 8. The third kappa shape index (κ3) is 6.67. The predicted molar refractivity (Wildman–Crippen MR) is 151 cm³/mol. The molecular weight excluding hydrogens is 516 g/mol. The van der Waals surface area contributed by atoms with Gasteiger partial charge >= 0.3 is 6.01 Å². The van der Waals surface area contributed by atoms with Crippen molar-refractivity contribution in [3.63, 3.8) is 0 Å². The van der Waals surface area contributed by atoms with Crippen molar-refractivity contribution in [1.82, 2.24) is 20.4 Å². The number of ether oxygens (including phenoxy) is 1. The number of carbonyl (C=O) groups excluding carboxylic acids is 1. The number of benzene rings is 1. The molecule has 1 aromatic heterocycles. The minimum atomic E-state index is -0.278. The minimum absolute atomic E-state index is 0. The molecule has 1 N–H and O–H groups in total. The molecule has 39 heavy (non-hydrogen) atoms. The molecule has 10 heteroatoms. The molecular formula is C29H41ClN6O3. The average Bonchev–Trinajstić information content (AvgIpc) is 3.63. The van der Waals surface area contributed by atoms with Crippen molar-refractivity contribution in [3.8, 4) is 11.8 Å². The smallest absolute Gasteiger partial charge is 0.324 e. The summed E-state index contributed by atoms with van der Waals surface area (Å²) in [6.07, 6.45) is 5.61. The Morgan fingerprint density at radius 3 is 2.72 bits per heavy atom. The first-order valence-electron chi connectivity index (χ1n) is 14.2. The second kappa shape index (κ2) is 13.0. The van der Waals surface area contributed by atoms with E-state index in [0.717, 1.165) is 56.8 Å². The highest BCUT2D eigenvalue weighted by atomic mass is 35.5. The average molecular weight is 557 g/mol. The number of amides is 1. The number of aromatic nitrogens is 2. The Balaban J connectivity index is 0.00000353. The minimum Gasteiger partial charge on any atom is -0.494 e. The van der Waals surface area contributed by atoms with Gasteiger partial charge in [0.25, 0.3) is 0 Å². The molecule has 3 aliphatic rings. The lowest BCUT2D eigenvalue weighted by Gasteiger charge is -2.33. The highest BCUT2D eigenvalue weighted by Crippen LogP contribution is 2.30. The number of carbonyl (C=O) groups is 1. The standard InChI is InChI=1S/C29H40N6O3.ClH/c1-19(2)27-32-29(38-33-27)34-12-8-21(9-13-34)20(3)10-14-37-25-7-6-22-16-26(31-18-23(22)15-25)28(36)35-11-4-5-24(35)17-30;/h6-7,15,19-21,24,26,31H,4-5,8-14,16,18H2,1-3H3;1H. The van der Waals surface area contributed by atoms with Crippen LogP contribution in [0.15, 0.2) is 22.7 Å². The highest BCUT2D eigenvalue weighted by Gasteiger charge is 2.34. The number of piperidine rings is 1. The van der Waals surface area contributed by atoms with E-state index in [1.165, 1.54) is 11.1 Å². The zero-order valence-corrected chi connectivity index (χ0v) is 24.1. The molecule has 9 nitrogen and oxygen atoms in total. The van der Waals surface area contributed by atoms with Crippen molar-refractivity contribution in [2.45, 2.75) is 83.8 Å². The molecule has 3 aliphatic heterocycles. The third-order valence-electron chi connectivity index (χ3n) is 8.53. The number of fused-ring (bicyclic) bond motifs is 1. The van der Waals surface area contributed by atoms with Gasteiger partial charge in [0, 0.05) is 32.1 Å². The molecule has 0 bridgehead atoms. The SMILES string of the molecule is CC(C)c1noc(N2CCC(C(C)CCOc3ccc4c(c3)CNC(C(=O)N3CCCC3C#N)C4)CC2)n1.Cl. The van der Waals surface area contributed by atoms with E-state index >= 15 is 0 Å². The Kier molecular flexibility index (Phi) is 9.73. The summed E-state index contributed by atoms with van der Waals surface area (Å²) < 4.78 is 11.6. The van der Waals surface area contributed by atoms with E-state index in [0.29, 0.717) is 44.0 Å². The largest absolute Gasteiger partial charge is 0.494 e. The van der Waals surface area contributed by atoms with Crippen LogP contribution in [0.1, 0.15) is 75.7 Å². The van der Waals surface area contributed by atoms with Crippen molar-refractivity contribution in [3.05, 3.63) is 35.2 Å². The van der Waals surface area contributed by atoms with E-state index in [1.807, 2.05) is 6.07 Å². The van der Waals surface area contributed by atoms with Gasteiger partial charge in [0.05, 0.1) is 18.7 Å². The summed E-state index contributed by atoms with van der Waals surface area (Å²) in [4.78, 5) is 21.5. The number of anilines is 1. The van der Waals surface area contributed by atoms with Crippen molar-refractivity contribution in [2.24, 2.45) is 11.8 Å². The van der Waals surface area contributed by atoms with Crippen LogP contribution in [-0.2, 0) is 17.8 Å². The van der Waals surface area contributed by atoms with Crippen LogP contribution in [0, 0.1) is 23.2 Å². The van der Waals surface area contributed by atoms with Crippen LogP contribution < -0.4 is 15.0 Å². The molecule has 0 spiro atoms. The van der Waals surface area contributed by atoms with Gasteiger partial charge in [-0.1, -0.05) is 32.0 Å². The number of nitriles is 1. The molecule has 2 saturated heterocycles. The number of halogens is 1. The summed E-state index contributed by atoms with van der Waals surface area (Å²) in [7, 11) is 0. The maximum atomic E-state index is 13.0. The quantitative estimate of drug-likeness (QED) is 0.507. The molecule has 2 fully saturated rings. The number of rotatable bonds is 8. The first-order valence-corrected chi connectivity index (χ1v) is 14.2. The Hall–Kier alpha value is -2.83. The van der Waals surface area contributed by atoms with Gasteiger partial charge in [-0.05, 0) is 73.6 Å². The van der Waals surface area contributed by atoms with Gasteiger partial charge in [0.15, 0.2) is 5.82 Å². The highest BCUT2D eigenvalue weighted by molar-refractivity contribution is 5.85. The summed E-state index contributed by atoms with van der Waals surface area (Å²) >= 11 is 0. The first-order chi connectivity index (χ1) is 18.4. The van der Waals surface area contributed by atoms with Crippen LogP contribution >= 0.6 is 12.4 Å². The van der Waals surface area contributed by atoms with Gasteiger partial charge in [-0.25, -0.2) is 0 Å². The Morgan fingerprint density at radius 1 is 1.21 bits per heavy atom. The number of nitrogens with one attached hydrogen (secondary N) is 1. The Morgan fingerprint density at radius 2 is 2.00 bits per heavy atom. The van der Waals surface area contributed by atoms with E-state index in [9.17, 15) is 10.1 Å². The number of nitrogens with zero attached hydrogens (tertiary/aromatic N) is 5. The van der Waals surface area contributed by atoms with Crippen molar-refractivity contribution < 1.29 is 14.1 Å². The van der Waals surface area contributed by atoms with Crippen LogP contribution in [0.2, 0.25) is 0 Å². The van der Waals surface area contributed by atoms with Crippen LogP contribution in [0.25, 0.3) is 0 Å². The Labute approximate surface area is 237 Å². The summed E-state index contributed by atoms with van der Waals surface area (Å²) in [5.41, 5.74) is 2.37. The molecule has 3 atom stereocenters. The fourth-order valence-corrected chi connectivity index (χ4v) is 5.97. The van der Waals surface area contributed by atoms with Crippen molar-refractivity contribution in [1.29, 1.82) is 5.26 Å². The van der Waals surface area contributed by atoms with E-state index in [4.69, 9.17) is 9.26 Å². The Bertz CT molecular complexity index is 1160. The van der Waals surface area contributed by atoms with Gasteiger partial charge < -0.3 is 24.4 Å². The molecule has 0 radical (unpaired) electrons. The fourth-order valence-electron chi connectivity index (χ4n) is 5.97. The molecule has 4 heterocycles. The molecule has 1 aromatic carbocycles. The van der Waals surface area contributed by atoms with Gasteiger partial charge in [-0.15, -0.1) is 12.4 Å². The van der Waals surface area contributed by atoms with E-state index < -0.39 is 0 Å². The lowest BCUT2D eigenvalue weighted by molar-refractivity contribution is -0.133. The van der Waals surface area contributed by atoms with Crippen LogP contribution in [0.4, 0.5) is 6.01 Å². The van der Waals surface area contributed by atoms with E-state index in [2.05, 4.69) is 59.3 Å². The summed E-state index contributed by atoms with van der Waals surface area (Å²) in [5.74, 6) is 3.24. The van der Waals surface area contributed by atoms with E-state index in [1.54, 1.807) is 4.90 Å². The van der Waals surface area contributed by atoms with Crippen LogP contribution in [-0.4, -0.2) is 59.3 Å². The lowest BCUT2D eigenvalue weighted by Crippen LogP contribution is -2.50. The first kappa shape index (κ1) is 29.2. The van der Waals surface area contributed by atoms with Crippen molar-refractivity contribution >= 4 is 24.3 Å². The molecule has 212 valence electrons. The topological polar surface area (TPSA) is 108 Å². The molecule has 1 amide bonds. The van der Waals surface area contributed by atoms with Gasteiger partial charge in [0.2, 0.25) is 5.91 Å². The molecule has 5 rings (SSSR count). The van der Waals surface area contributed by atoms with Crippen LogP contribution in [0.3, 0.4) is 0 Å². The predicted octanol–water partition coefficient (Wildman–Crippen LogP) is 4.47. The normalized spacial score (nSPS) is 22.2. The maximum absolute atomic E-state index is 13.0. The summed E-state index contributed by atoms with van der Waals surface area (Å²) in [6, 6.07) is 8.62. The summed E-state index contributed by atoms with van der Waals surface area (Å²) in [5, 5.41) is 16.8. The number of hydrogen-bond donors (Lipinski definition) is 1. The van der Waals surface area contributed by atoms with Crippen molar-refractivity contribution in [2.75, 3.05) is 31.1 Å². The molecule has 3 unspecified atom stereocenters. The third-order valence-corrected chi connectivity index (χ3v) is 8.53. The van der Waals surface area contributed by atoms with Gasteiger partial charge in [0.1, 0.15) is 11.8 Å². The molecule has 2 aromatic rings. The van der Waals surface area contributed by atoms with Gasteiger partial charge in [-0.2, -0.15) is 10.2 Å². The maximum Gasteiger partial charge on any atom is 0.324 e. The van der Waals surface area contributed by atoms with E-state index in [-0.39, 0.29) is 36.3 Å². The second-order valence-electron chi connectivity index (χ2n) is 11.4. The fraction of sp³-hybridized carbons (Fsp3) is 0.655. The zero-order valence-electron chi connectivity index (χ0n) is 23.3. The van der Waals surface area contributed by atoms with Gasteiger partial charge in [-0.3, -0.25) is 4.79 Å². The molecule has 0 aliphatic carbocycles. The monoisotopic (exact) mass is 556 g/mol. The number of likely N-dealkylation sites (tertiary alicyclic amines) is 1. The van der Waals surface area contributed by atoms with Crippen LogP contribution in [0.5, 0.6) is 5.75 Å². The summed E-state index contributed by atoms with van der Waals surface area (Å²) in [6.45, 7) is 10.4. The zero-order chi connectivity index (χ0) is 26.6. The second-order valence-corrected chi connectivity index (χ2v) is 11.4. The molecule has 0 saturated carbocycles. The lowest BCUT2D eigenvalue weighted by atomic mass is 9.84.